The Bertz CT molecular complexity index is 427. The topological polar surface area (TPSA) is 55.1 Å². The molecule has 3 N–H and O–H groups in total. The number of rotatable bonds is 2. The van der Waals surface area contributed by atoms with Crippen LogP contribution in [0.4, 0.5) is 14.5 Å². The fraction of sp³-hybridized carbons (Fsp3) is 0.417. The Morgan fingerprint density at radius 1 is 1.29 bits per heavy atom. The van der Waals surface area contributed by atoms with E-state index in [-0.39, 0.29) is 5.69 Å². The van der Waals surface area contributed by atoms with E-state index in [9.17, 15) is 13.6 Å². The number of carbonyl (C=O) groups is 1. The van der Waals surface area contributed by atoms with Crippen LogP contribution in [0.25, 0.3) is 0 Å². The Hall–Kier alpha value is -1.49. The van der Waals surface area contributed by atoms with Crippen molar-refractivity contribution >= 4 is 11.6 Å². The zero-order valence-electron chi connectivity index (χ0n) is 10.1. The van der Waals surface area contributed by atoms with E-state index in [0.29, 0.717) is 0 Å². The van der Waals surface area contributed by atoms with Crippen molar-refractivity contribution in [2.24, 2.45) is 11.1 Å². The van der Waals surface area contributed by atoms with Gasteiger partial charge in [-0.05, 0) is 17.5 Å². The molecule has 0 saturated carbocycles. The fourth-order valence-corrected chi connectivity index (χ4v) is 1.19. The van der Waals surface area contributed by atoms with Crippen molar-refractivity contribution < 1.29 is 13.6 Å². The van der Waals surface area contributed by atoms with Gasteiger partial charge < -0.3 is 11.1 Å². The van der Waals surface area contributed by atoms with Crippen molar-refractivity contribution in [3.05, 3.63) is 29.8 Å². The van der Waals surface area contributed by atoms with Crippen LogP contribution in [-0.2, 0) is 4.79 Å². The van der Waals surface area contributed by atoms with Crippen LogP contribution in [0, 0.1) is 17.0 Å². The van der Waals surface area contributed by atoms with E-state index < -0.39 is 29.0 Å². The molecular formula is C12H16F2N2O. The van der Waals surface area contributed by atoms with Crippen LogP contribution in [0.15, 0.2) is 18.2 Å². The molecule has 3 nitrogen and oxygen atoms in total. The average Bonchev–Trinajstić information content (AvgIpc) is 2.21. The molecule has 1 aromatic rings. The number of anilines is 1. The maximum atomic E-state index is 12.9. The van der Waals surface area contributed by atoms with Crippen molar-refractivity contribution in [1.82, 2.24) is 0 Å². The van der Waals surface area contributed by atoms with Gasteiger partial charge in [-0.25, -0.2) is 8.78 Å². The summed E-state index contributed by atoms with van der Waals surface area (Å²) in [5, 5.41) is 2.45. The Kier molecular flexibility index (Phi) is 3.83. The van der Waals surface area contributed by atoms with Crippen LogP contribution < -0.4 is 11.1 Å². The summed E-state index contributed by atoms with van der Waals surface area (Å²) in [6, 6.07) is 2.43. The number of nitrogens with one attached hydrogen (secondary N) is 1. The van der Waals surface area contributed by atoms with Gasteiger partial charge >= 0.3 is 0 Å². The van der Waals surface area contributed by atoms with Crippen LogP contribution in [0.3, 0.4) is 0 Å². The molecule has 0 aliphatic carbocycles. The lowest BCUT2D eigenvalue weighted by atomic mass is 9.87. The lowest BCUT2D eigenvalue weighted by Crippen LogP contribution is -2.45. The summed E-state index contributed by atoms with van der Waals surface area (Å²) >= 11 is 0. The normalized spacial score (nSPS) is 13.3. The highest BCUT2D eigenvalue weighted by atomic mass is 19.2. The zero-order chi connectivity index (χ0) is 13.2. The van der Waals surface area contributed by atoms with Crippen molar-refractivity contribution in [2.45, 2.75) is 26.8 Å². The van der Waals surface area contributed by atoms with E-state index in [1.807, 2.05) is 20.8 Å². The molecule has 0 aliphatic rings. The molecule has 1 rings (SSSR count). The second kappa shape index (κ2) is 4.79. The molecule has 0 fully saturated rings. The van der Waals surface area contributed by atoms with Gasteiger partial charge in [-0.2, -0.15) is 0 Å². The molecule has 0 aromatic heterocycles. The summed E-state index contributed by atoms with van der Waals surface area (Å²) in [5.74, 6) is -2.39. The van der Waals surface area contributed by atoms with E-state index in [2.05, 4.69) is 5.32 Å². The molecule has 0 saturated heterocycles. The number of halogens is 2. The molecule has 0 spiro atoms. The predicted molar refractivity (Wildman–Crippen MR) is 62.4 cm³/mol. The Morgan fingerprint density at radius 3 is 2.35 bits per heavy atom. The SMILES string of the molecule is CC(C)(C)[C@@H](N)C(=O)Nc1ccc(F)c(F)c1. The minimum atomic E-state index is -1.01. The largest absolute Gasteiger partial charge is 0.325 e. The van der Waals surface area contributed by atoms with Crippen LogP contribution in [0.5, 0.6) is 0 Å². The third kappa shape index (κ3) is 3.49. The quantitative estimate of drug-likeness (QED) is 0.835. The number of hydrogen-bond donors (Lipinski definition) is 2. The third-order valence-electron chi connectivity index (χ3n) is 2.40. The zero-order valence-corrected chi connectivity index (χ0v) is 10.1. The number of hydrogen-bond acceptors (Lipinski definition) is 2. The van der Waals surface area contributed by atoms with Crippen molar-refractivity contribution in [3.8, 4) is 0 Å². The van der Waals surface area contributed by atoms with E-state index in [0.717, 1.165) is 12.1 Å². The summed E-state index contributed by atoms with van der Waals surface area (Å²) in [6.07, 6.45) is 0. The first kappa shape index (κ1) is 13.6. The maximum Gasteiger partial charge on any atom is 0.241 e. The first-order chi connectivity index (χ1) is 7.71. The van der Waals surface area contributed by atoms with Crippen LogP contribution in [-0.4, -0.2) is 11.9 Å². The van der Waals surface area contributed by atoms with Gasteiger partial charge in [-0.3, -0.25) is 4.79 Å². The van der Waals surface area contributed by atoms with E-state index in [1.165, 1.54) is 6.07 Å². The summed E-state index contributed by atoms with van der Waals surface area (Å²) in [4.78, 5) is 11.7. The number of nitrogens with two attached hydrogens (primary N) is 1. The molecule has 0 bridgehead atoms. The first-order valence-electron chi connectivity index (χ1n) is 5.23. The average molecular weight is 242 g/mol. The minimum absolute atomic E-state index is 0.189. The number of carbonyl (C=O) groups excluding carboxylic acids is 1. The molecular weight excluding hydrogens is 226 g/mol. The molecule has 5 heteroatoms. The van der Waals surface area contributed by atoms with E-state index in [1.54, 1.807) is 0 Å². The molecule has 94 valence electrons. The van der Waals surface area contributed by atoms with Crippen molar-refractivity contribution in [3.63, 3.8) is 0 Å². The molecule has 17 heavy (non-hydrogen) atoms. The Labute approximate surface area is 99.0 Å². The molecule has 0 aliphatic heterocycles. The standard InChI is InChI=1S/C12H16F2N2O/c1-12(2,3)10(15)11(17)16-7-4-5-8(13)9(14)6-7/h4-6,10H,15H2,1-3H3,(H,16,17)/t10-/m0/s1. The molecule has 0 heterocycles. The van der Waals surface area contributed by atoms with Crippen molar-refractivity contribution in [2.75, 3.05) is 5.32 Å². The monoisotopic (exact) mass is 242 g/mol. The first-order valence-corrected chi connectivity index (χ1v) is 5.23. The predicted octanol–water partition coefficient (Wildman–Crippen LogP) is 2.28. The molecule has 0 radical (unpaired) electrons. The lowest BCUT2D eigenvalue weighted by molar-refractivity contribution is -0.119. The van der Waals surface area contributed by atoms with E-state index >= 15 is 0 Å². The van der Waals surface area contributed by atoms with Crippen LogP contribution >= 0.6 is 0 Å². The second-order valence-electron chi connectivity index (χ2n) is 4.96. The number of amides is 1. The van der Waals surface area contributed by atoms with Crippen LogP contribution in [0.2, 0.25) is 0 Å². The summed E-state index contributed by atoms with van der Waals surface area (Å²) in [6.45, 7) is 5.47. The van der Waals surface area contributed by atoms with Gasteiger partial charge in [0, 0.05) is 11.8 Å². The summed E-state index contributed by atoms with van der Waals surface area (Å²) < 4.78 is 25.6. The molecule has 1 aromatic carbocycles. The molecule has 1 amide bonds. The minimum Gasteiger partial charge on any atom is -0.325 e. The Morgan fingerprint density at radius 2 is 1.88 bits per heavy atom. The van der Waals surface area contributed by atoms with Crippen LogP contribution in [0.1, 0.15) is 20.8 Å². The van der Waals surface area contributed by atoms with E-state index in [4.69, 9.17) is 5.73 Å². The summed E-state index contributed by atoms with van der Waals surface area (Å²) in [5.41, 5.74) is 5.52. The molecule has 0 unspecified atom stereocenters. The van der Waals surface area contributed by atoms with Gasteiger partial charge in [0.05, 0.1) is 6.04 Å². The van der Waals surface area contributed by atoms with Gasteiger partial charge in [0.25, 0.3) is 0 Å². The highest BCUT2D eigenvalue weighted by Crippen LogP contribution is 2.19. The summed E-state index contributed by atoms with van der Waals surface area (Å²) in [7, 11) is 0. The number of benzene rings is 1. The third-order valence-corrected chi connectivity index (χ3v) is 2.40. The smallest absolute Gasteiger partial charge is 0.241 e. The lowest BCUT2D eigenvalue weighted by Gasteiger charge is -2.25. The van der Waals surface area contributed by atoms with Gasteiger partial charge in [0.1, 0.15) is 0 Å². The van der Waals surface area contributed by atoms with Gasteiger partial charge in [0.15, 0.2) is 11.6 Å². The Balaban J connectivity index is 2.78. The van der Waals surface area contributed by atoms with Crippen molar-refractivity contribution in [1.29, 1.82) is 0 Å². The maximum absolute atomic E-state index is 12.9. The van der Waals surface area contributed by atoms with Gasteiger partial charge in [0.2, 0.25) is 5.91 Å². The fourth-order valence-electron chi connectivity index (χ4n) is 1.19. The highest BCUT2D eigenvalue weighted by Gasteiger charge is 2.27. The second-order valence-corrected chi connectivity index (χ2v) is 4.96. The van der Waals surface area contributed by atoms with Gasteiger partial charge in [-0.15, -0.1) is 0 Å². The van der Waals surface area contributed by atoms with Gasteiger partial charge in [-0.1, -0.05) is 20.8 Å². The highest BCUT2D eigenvalue weighted by molar-refractivity contribution is 5.95. The molecule has 1 atom stereocenters.